The number of hydrogen-bond acceptors (Lipinski definition) is 7. The van der Waals surface area contributed by atoms with Crippen molar-refractivity contribution in [3.8, 4) is 17.5 Å². The van der Waals surface area contributed by atoms with Crippen molar-refractivity contribution in [1.82, 2.24) is 34.4 Å². The zero-order valence-corrected chi connectivity index (χ0v) is 24.7. The van der Waals surface area contributed by atoms with Gasteiger partial charge in [0.15, 0.2) is 11.6 Å². The third kappa shape index (κ3) is 5.26. The number of nitrogens with zero attached hydrogens (tertiary/aromatic N) is 7. The Morgan fingerprint density at radius 1 is 1.20 bits per heavy atom. The van der Waals surface area contributed by atoms with Crippen LogP contribution in [0.15, 0.2) is 59.0 Å². The number of amides is 1. The maximum absolute atomic E-state index is 14.4. The summed E-state index contributed by atoms with van der Waals surface area (Å²) in [5.41, 5.74) is 9.41. The molecule has 1 amide bonds. The van der Waals surface area contributed by atoms with Crippen molar-refractivity contribution in [3.63, 3.8) is 0 Å². The Morgan fingerprint density at radius 2 is 2.02 bits per heavy atom. The van der Waals surface area contributed by atoms with E-state index in [9.17, 15) is 9.59 Å². The van der Waals surface area contributed by atoms with Crippen LogP contribution in [0.1, 0.15) is 66.1 Å². The van der Waals surface area contributed by atoms with Crippen LogP contribution in [-0.2, 0) is 20.0 Å². The lowest BCUT2D eigenvalue weighted by Crippen LogP contribution is -2.51. The van der Waals surface area contributed by atoms with E-state index in [1.807, 2.05) is 47.3 Å². The number of aliphatic imine (C=N–C) groups is 1. The van der Waals surface area contributed by atoms with Gasteiger partial charge in [-0.05, 0) is 51.2 Å². The summed E-state index contributed by atoms with van der Waals surface area (Å²) in [6.45, 7) is 6.32. The molecule has 1 aliphatic carbocycles. The second-order valence-corrected chi connectivity index (χ2v) is 10.8. The average molecular weight is 588 g/mol. The smallest absolute Gasteiger partial charge is 0.266 e. The molecule has 44 heavy (non-hydrogen) atoms. The van der Waals surface area contributed by atoms with Gasteiger partial charge in [0, 0.05) is 25.4 Å². The molecule has 1 atom stereocenters. The van der Waals surface area contributed by atoms with Crippen LogP contribution in [0.5, 0.6) is 0 Å². The highest BCUT2D eigenvalue weighted by Gasteiger charge is 2.25. The first-order chi connectivity index (χ1) is 21.4. The largest absolute Gasteiger partial charge is 0.381 e. The first kappa shape index (κ1) is 28.6. The number of aromatic nitrogens is 6. The summed E-state index contributed by atoms with van der Waals surface area (Å²) in [5, 5.41) is 12.7. The van der Waals surface area contributed by atoms with Crippen molar-refractivity contribution >= 4 is 35.4 Å². The van der Waals surface area contributed by atoms with Gasteiger partial charge in [0.05, 0.1) is 39.8 Å². The van der Waals surface area contributed by atoms with Crippen molar-refractivity contribution in [2.24, 2.45) is 12.0 Å². The molecule has 1 aromatic carbocycles. The molecule has 3 N–H and O–H groups in total. The number of para-hydroxylation sites is 1. The van der Waals surface area contributed by atoms with Crippen LogP contribution >= 0.6 is 0 Å². The van der Waals surface area contributed by atoms with Gasteiger partial charge < -0.3 is 11.1 Å². The van der Waals surface area contributed by atoms with Gasteiger partial charge in [-0.15, -0.1) is 0 Å². The van der Waals surface area contributed by atoms with Crippen LogP contribution in [0.4, 0.5) is 11.6 Å². The molecule has 3 aromatic heterocycles. The van der Waals surface area contributed by atoms with Crippen molar-refractivity contribution in [2.45, 2.75) is 51.6 Å². The molecule has 0 fully saturated rings. The molecular weight excluding hydrogens is 554 g/mol. The van der Waals surface area contributed by atoms with Gasteiger partial charge >= 0.3 is 0 Å². The summed E-state index contributed by atoms with van der Waals surface area (Å²) in [6, 6.07) is 8.59. The van der Waals surface area contributed by atoms with E-state index < -0.39 is 11.9 Å². The molecular formula is C33H33N9O2. The number of benzene rings is 1. The Balaban J connectivity index is 1.46. The van der Waals surface area contributed by atoms with Gasteiger partial charge in [0.1, 0.15) is 11.4 Å². The Labute approximate surface area is 254 Å². The van der Waals surface area contributed by atoms with E-state index in [1.165, 1.54) is 17.0 Å². The Morgan fingerprint density at radius 3 is 2.82 bits per heavy atom. The van der Waals surface area contributed by atoms with Crippen LogP contribution in [0, 0.1) is 11.8 Å². The molecule has 4 aromatic rings. The highest BCUT2D eigenvalue weighted by Crippen LogP contribution is 2.25. The molecule has 6 rings (SSSR count). The van der Waals surface area contributed by atoms with E-state index >= 15 is 0 Å². The number of nitrogens with one attached hydrogen (secondary N) is 1. The molecule has 11 nitrogen and oxygen atoms in total. The number of rotatable bonds is 6. The summed E-state index contributed by atoms with van der Waals surface area (Å²) in [7, 11) is 1.65. The quantitative estimate of drug-likeness (QED) is 0.262. The number of hydrogen-bond donors (Lipinski definition) is 2. The Bertz CT molecular complexity index is 2050. The fraction of sp³-hybridized carbons (Fsp3) is 0.273. The van der Waals surface area contributed by atoms with Crippen LogP contribution < -0.4 is 27.2 Å². The minimum Gasteiger partial charge on any atom is -0.381 e. The number of nitrogen functional groups attached to an aromatic ring is 1. The third-order valence-corrected chi connectivity index (χ3v) is 7.82. The van der Waals surface area contributed by atoms with Crippen LogP contribution in [-0.4, -0.2) is 41.2 Å². The first-order valence-electron chi connectivity index (χ1n) is 14.6. The molecule has 2 aliphatic rings. The SMILES string of the molecule is C=C/C=N\c1c(C(=O)NC(C)c2nc3c(c(=O)n2-c2ccccc2)=C(C#Cc2cnn4c2CCCC4)CCC=3)c(N)nn1C. The van der Waals surface area contributed by atoms with Crippen molar-refractivity contribution in [1.29, 1.82) is 0 Å². The molecule has 1 unspecified atom stereocenters. The fourth-order valence-electron chi connectivity index (χ4n) is 5.73. The van der Waals surface area contributed by atoms with Crippen LogP contribution in [0.25, 0.3) is 17.3 Å². The van der Waals surface area contributed by atoms with E-state index in [2.05, 4.69) is 38.9 Å². The molecule has 0 bridgehead atoms. The van der Waals surface area contributed by atoms with Gasteiger partial charge in [-0.25, -0.2) is 14.7 Å². The van der Waals surface area contributed by atoms with Gasteiger partial charge in [0.2, 0.25) is 0 Å². The maximum Gasteiger partial charge on any atom is 0.266 e. The number of anilines is 1. The molecule has 0 spiro atoms. The number of nitrogens with two attached hydrogens (primary N) is 1. The number of fused-ring (bicyclic) bond motifs is 2. The summed E-state index contributed by atoms with van der Waals surface area (Å²) < 4.78 is 5.01. The monoisotopic (exact) mass is 587 g/mol. The van der Waals surface area contributed by atoms with Gasteiger partial charge in [-0.3, -0.25) is 18.8 Å². The van der Waals surface area contributed by atoms with E-state index in [0.29, 0.717) is 34.9 Å². The number of carbonyl (C=O) groups excluding carboxylic acids is 1. The summed E-state index contributed by atoms with van der Waals surface area (Å²) in [5.74, 6) is 6.83. The predicted octanol–water partition coefficient (Wildman–Crippen LogP) is 2.24. The second-order valence-electron chi connectivity index (χ2n) is 10.8. The Kier molecular flexibility index (Phi) is 7.81. The second kappa shape index (κ2) is 12.0. The summed E-state index contributed by atoms with van der Waals surface area (Å²) >= 11 is 0. The van der Waals surface area contributed by atoms with E-state index in [1.54, 1.807) is 18.5 Å². The van der Waals surface area contributed by atoms with Gasteiger partial charge in [0.25, 0.3) is 11.5 Å². The standard InChI is InChI=1S/C33H33N9O2/c1-4-18-35-31-28(29(34)39-40(31)3)32(43)37-21(2)30-38-25-14-10-11-22(16-17-23-20-36-41-19-9-8-15-26(23)41)27(25)33(44)42(30)24-12-6-5-7-13-24/h4-7,12-14,18,20-21H,1,8-11,15,19H2,2-3H3,(H2,34,39)(H,37,43)/b35-18-. The van der Waals surface area contributed by atoms with Crippen LogP contribution in [0.2, 0.25) is 0 Å². The van der Waals surface area contributed by atoms with Gasteiger partial charge in [-0.1, -0.05) is 48.8 Å². The number of aryl methyl sites for hydroxylation is 2. The zero-order chi connectivity index (χ0) is 30.8. The predicted molar refractivity (Wildman–Crippen MR) is 170 cm³/mol. The lowest BCUT2D eigenvalue weighted by molar-refractivity contribution is 0.0939. The zero-order valence-electron chi connectivity index (χ0n) is 24.7. The Hall–Kier alpha value is -5.50. The summed E-state index contributed by atoms with van der Waals surface area (Å²) in [4.78, 5) is 37.1. The fourth-order valence-corrected chi connectivity index (χ4v) is 5.73. The summed E-state index contributed by atoms with van der Waals surface area (Å²) in [6.07, 6.45) is 11.3. The van der Waals surface area contributed by atoms with E-state index in [4.69, 9.17) is 10.7 Å². The minimum absolute atomic E-state index is 0.0399. The lowest BCUT2D eigenvalue weighted by Gasteiger charge is -2.20. The van der Waals surface area contributed by atoms with E-state index in [-0.39, 0.29) is 22.8 Å². The highest BCUT2D eigenvalue weighted by atomic mass is 16.2. The first-order valence-corrected chi connectivity index (χ1v) is 14.6. The van der Waals surface area contributed by atoms with Gasteiger partial charge in [-0.2, -0.15) is 10.2 Å². The number of carbonyl (C=O) groups is 1. The molecule has 1 aliphatic heterocycles. The third-order valence-electron chi connectivity index (χ3n) is 7.82. The lowest BCUT2D eigenvalue weighted by atomic mass is 10.0. The molecule has 222 valence electrons. The topological polar surface area (TPSA) is 138 Å². The average Bonchev–Trinajstić information content (AvgIpc) is 3.57. The molecule has 4 heterocycles. The van der Waals surface area contributed by atoms with Crippen molar-refractivity contribution in [2.75, 3.05) is 5.73 Å². The van der Waals surface area contributed by atoms with Crippen molar-refractivity contribution in [3.05, 3.63) is 92.8 Å². The normalized spacial score (nSPS) is 14.6. The molecule has 0 radical (unpaired) electrons. The molecule has 0 saturated carbocycles. The van der Waals surface area contributed by atoms with Crippen molar-refractivity contribution < 1.29 is 4.79 Å². The molecule has 0 saturated heterocycles. The van der Waals surface area contributed by atoms with E-state index in [0.717, 1.165) is 42.6 Å². The number of allylic oxidation sites excluding steroid dienone is 1. The minimum atomic E-state index is -0.680. The van der Waals surface area contributed by atoms with Crippen LogP contribution in [0.3, 0.4) is 0 Å². The highest BCUT2D eigenvalue weighted by molar-refractivity contribution is 6.03. The molecule has 11 heteroatoms. The maximum atomic E-state index is 14.4.